The fourth-order valence-electron chi connectivity index (χ4n) is 2.81. The number of ether oxygens (including phenoxy) is 1. The van der Waals surface area contributed by atoms with E-state index in [1.54, 1.807) is 12.1 Å². The van der Waals surface area contributed by atoms with Crippen LogP contribution >= 0.6 is 0 Å². The predicted molar refractivity (Wildman–Crippen MR) is 85.2 cm³/mol. The monoisotopic (exact) mass is 333 g/mol. The van der Waals surface area contributed by atoms with Gasteiger partial charge in [0.2, 0.25) is 0 Å². The summed E-state index contributed by atoms with van der Waals surface area (Å²) in [6.45, 7) is 1.83. The molecule has 1 saturated heterocycles. The summed E-state index contributed by atoms with van der Waals surface area (Å²) in [5.74, 6) is 0. The van der Waals surface area contributed by atoms with E-state index < -0.39 is 16.1 Å². The third-order valence-electron chi connectivity index (χ3n) is 4.08. The lowest BCUT2D eigenvalue weighted by Gasteiger charge is -2.15. The Labute approximate surface area is 136 Å². The van der Waals surface area contributed by atoms with Gasteiger partial charge in [-0.05, 0) is 50.3 Å². The van der Waals surface area contributed by atoms with E-state index in [9.17, 15) is 13.2 Å². The molecule has 23 heavy (non-hydrogen) atoms. The fourth-order valence-corrected chi connectivity index (χ4v) is 4.14. The number of rotatable bonds is 2. The van der Waals surface area contributed by atoms with Crippen LogP contribution in [0.4, 0.5) is 4.79 Å². The van der Waals surface area contributed by atoms with E-state index in [-0.39, 0.29) is 17.2 Å². The Morgan fingerprint density at radius 3 is 2.39 bits per heavy atom. The maximum absolute atomic E-state index is 12.8. The second-order valence-corrected chi connectivity index (χ2v) is 7.66. The number of benzene rings is 1. The highest BCUT2D eigenvalue weighted by Gasteiger charge is 2.39. The molecule has 0 radical (unpaired) electrons. The highest BCUT2D eigenvalue weighted by molar-refractivity contribution is 7.89. The molecule has 1 aromatic carbocycles. The highest BCUT2D eigenvalue weighted by atomic mass is 32.2. The summed E-state index contributed by atoms with van der Waals surface area (Å²) in [4.78, 5) is 12.0. The zero-order chi connectivity index (χ0) is 16.4. The summed E-state index contributed by atoms with van der Waals surface area (Å²) in [6, 6.07) is 6.41. The maximum atomic E-state index is 12.8. The van der Waals surface area contributed by atoms with Gasteiger partial charge in [-0.1, -0.05) is 29.8 Å². The SMILES string of the molecule is Cc1ccc(S(=O)(=O)N2C(=O)OCC2=C=C2CCCCC2)cc1. The van der Waals surface area contributed by atoms with E-state index in [1.807, 2.05) is 6.92 Å². The van der Waals surface area contributed by atoms with Crippen molar-refractivity contribution in [3.8, 4) is 0 Å². The second-order valence-electron chi connectivity index (χ2n) is 5.87. The molecular formula is C17H19NO4S. The summed E-state index contributed by atoms with van der Waals surface area (Å²) in [7, 11) is -3.96. The van der Waals surface area contributed by atoms with Crippen LogP contribution in [0, 0.1) is 6.92 Å². The van der Waals surface area contributed by atoms with Crippen LogP contribution in [0.1, 0.15) is 37.7 Å². The quantitative estimate of drug-likeness (QED) is 0.777. The molecule has 0 aromatic heterocycles. The number of carbonyl (C=O) groups is 1. The number of hydrogen-bond donors (Lipinski definition) is 0. The number of carbonyl (C=O) groups excluding carboxylic acids is 1. The second kappa shape index (κ2) is 6.22. The molecule has 1 saturated carbocycles. The van der Waals surface area contributed by atoms with Crippen LogP contribution in [0.15, 0.2) is 46.2 Å². The van der Waals surface area contributed by atoms with Crippen molar-refractivity contribution in [2.24, 2.45) is 0 Å². The Morgan fingerprint density at radius 2 is 1.74 bits per heavy atom. The molecule has 5 nitrogen and oxygen atoms in total. The number of amides is 1. The Hall–Kier alpha value is -2.04. The lowest BCUT2D eigenvalue weighted by Crippen LogP contribution is -2.30. The first-order valence-electron chi connectivity index (χ1n) is 7.75. The molecule has 0 atom stereocenters. The standard InChI is InChI=1S/C17H19NO4S/c1-13-7-9-16(10-8-13)23(20,21)18-15(12-22-17(18)19)11-14-5-3-2-4-6-14/h7-10H,2-6,12H2,1H3. The zero-order valence-corrected chi connectivity index (χ0v) is 13.9. The van der Waals surface area contributed by atoms with Crippen molar-refractivity contribution in [2.75, 3.05) is 6.61 Å². The zero-order valence-electron chi connectivity index (χ0n) is 13.0. The molecule has 6 heteroatoms. The molecule has 0 unspecified atom stereocenters. The Balaban J connectivity index is 2.02. The number of sulfonamides is 1. The molecule has 0 bridgehead atoms. The van der Waals surface area contributed by atoms with E-state index in [0.29, 0.717) is 0 Å². The first-order chi connectivity index (χ1) is 11.0. The number of nitrogens with zero attached hydrogens (tertiary/aromatic N) is 1. The minimum absolute atomic E-state index is 0.0482. The van der Waals surface area contributed by atoms with Crippen LogP contribution < -0.4 is 0 Å². The van der Waals surface area contributed by atoms with Gasteiger partial charge in [-0.3, -0.25) is 0 Å². The van der Waals surface area contributed by atoms with Gasteiger partial charge in [-0.25, -0.2) is 13.2 Å². The minimum atomic E-state index is -3.96. The van der Waals surface area contributed by atoms with Crippen molar-refractivity contribution in [1.82, 2.24) is 4.31 Å². The molecule has 1 heterocycles. The first kappa shape index (κ1) is 15.8. The average molecular weight is 333 g/mol. The fraction of sp³-hybridized carbons (Fsp3) is 0.412. The lowest BCUT2D eigenvalue weighted by atomic mass is 9.95. The van der Waals surface area contributed by atoms with E-state index in [1.165, 1.54) is 18.6 Å². The van der Waals surface area contributed by atoms with E-state index in [4.69, 9.17) is 4.74 Å². The van der Waals surface area contributed by atoms with E-state index in [2.05, 4.69) is 5.73 Å². The summed E-state index contributed by atoms with van der Waals surface area (Å²) in [5.41, 5.74) is 5.42. The molecule has 2 aliphatic rings. The predicted octanol–water partition coefficient (Wildman–Crippen LogP) is 3.51. The van der Waals surface area contributed by atoms with Gasteiger partial charge in [0.05, 0.1) is 4.90 Å². The maximum Gasteiger partial charge on any atom is 0.429 e. The molecule has 1 aliphatic carbocycles. The van der Waals surface area contributed by atoms with Gasteiger partial charge in [-0.2, -0.15) is 4.31 Å². The van der Waals surface area contributed by atoms with Crippen molar-refractivity contribution in [2.45, 2.75) is 43.9 Å². The van der Waals surface area contributed by atoms with Crippen LogP contribution in [-0.4, -0.2) is 25.4 Å². The average Bonchev–Trinajstić information content (AvgIpc) is 2.90. The van der Waals surface area contributed by atoms with E-state index >= 15 is 0 Å². The normalized spacial score (nSPS) is 18.8. The smallest absolute Gasteiger partial charge is 0.429 e. The Bertz CT molecular complexity index is 778. The molecule has 122 valence electrons. The summed E-state index contributed by atoms with van der Waals surface area (Å²) < 4.78 is 31.2. The first-order valence-corrected chi connectivity index (χ1v) is 9.19. The lowest BCUT2D eigenvalue weighted by molar-refractivity contribution is 0.170. The van der Waals surface area contributed by atoms with Crippen LogP contribution in [0.2, 0.25) is 0 Å². The van der Waals surface area contributed by atoms with Gasteiger partial charge in [0, 0.05) is 0 Å². The van der Waals surface area contributed by atoms with Gasteiger partial charge in [0.15, 0.2) is 0 Å². The topological polar surface area (TPSA) is 63.7 Å². The minimum Gasteiger partial charge on any atom is -0.441 e. The number of aryl methyl sites for hydroxylation is 1. The van der Waals surface area contributed by atoms with Crippen LogP contribution in [0.3, 0.4) is 0 Å². The van der Waals surface area contributed by atoms with Gasteiger partial charge < -0.3 is 4.74 Å². The molecule has 1 aliphatic heterocycles. The molecular weight excluding hydrogens is 314 g/mol. The van der Waals surface area contributed by atoms with Crippen molar-refractivity contribution >= 4 is 16.1 Å². The molecule has 1 aromatic rings. The van der Waals surface area contributed by atoms with Crippen LogP contribution in [-0.2, 0) is 14.8 Å². The van der Waals surface area contributed by atoms with Crippen molar-refractivity contribution in [3.63, 3.8) is 0 Å². The van der Waals surface area contributed by atoms with Gasteiger partial charge >= 0.3 is 6.09 Å². The number of hydrogen-bond acceptors (Lipinski definition) is 4. The van der Waals surface area contributed by atoms with Gasteiger partial charge in [0.25, 0.3) is 10.0 Å². The van der Waals surface area contributed by atoms with E-state index in [0.717, 1.165) is 41.1 Å². The third kappa shape index (κ3) is 3.19. The Morgan fingerprint density at radius 1 is 1.09 bits per heavy atom. The molecule has 0 N–H and O–H groups in total. The van der Waals surface area contributed by atoms with Gasteiger partial charge in [0.1, 0.15) is 12.3 Å². The molecule has 2 fully saturated rings. The van der Waals surface area contributed by atoms with Crippen LogP contribution in [0.25, 0.3) is 0 Å². The summed E-state index contributed by atoms with van der Waals surface area (Å²) >= 11 is 0. The van der Waals surface area contributed by atoms with Crippen LogP contribution in [0.5, 0.6) is 0 Å². The van der Waals surface area contributed by atoms with Crippen molar-refractivity contribution < 1.29 is 17.9 Å². The summed E-state index contributed by atoms with van der Waals surface area (Å²) in [5, 5.41) is 0. The van der Waals surface area contributed by atoms with Crippen molar-refractivity contribution in [1.29, 1.82) is 0 Å². The van der Waals surface area contributed by atoms with Crippen molar-refractivity contribution in [3.05, 3.63) is 46.8 Å². The number of cyclic esters (lactones) is 1. The molecule has 3 rings (SSSR count). The highest BCUT2D eigenvalue weighted by Crippen LogP contribution is 2.28. The largest absolute Gasteiger partial charge is 0.441 e. The molecule has 1 amide bonds. The summed E-state index contributed by atoms with van der Waals surface area (Å²) in [6.07, 6.45) is 4.28. The Kier molecular flexibility index (Phi) is 4.28. The van der Waals surface area contributed by atoms with Gasteiger partial charge in [-0.15, -0.1) is 0 Å². The third-order valence-corrected chi connectivity index (χ3v) is 5.80. The molecule has 0 spiro atoms.